The molecule has 0 saturated heterocycles. The van der Waals surface area contributed by atoms with Crippen molar-refractivity contribution in [3.63, 3.8) is 0 Å². The standard InChI is InChI=1S/C10H12N2O2/c11-7-2-1-3-8-10(7)9(6-12-8)14-5-4-13/h1-3,6,12-13H,4-5,11H2. The van der Waals surface area contributed by atoms with E-state index in [2.05, 4.69) is 4.98 Å². The molecule has 4 nitrogen and oxygen atoms in total. The molecule has 0 saturated carbocycles. The van der Waals surface area contributed by atoms with Crippen LogP contribution in [0.4, 0.5) is 5.69 Å². The molecular weight excluding hydrogens is 180 g/mol. The van der Waals surface area contributed by atoms with Crippen molar-refractivity contribution in [2.45, 2.75) is 0 Å². The summed E-state index contributed by atoms with van der Waals surface area (Å²) in [4.78, 5) is 3.05. The van der Waals surface area contributed by atoms with E-state index in [-0.39, 0.29) is 13.2 Å². The Morgan fingerprint density at radius 1 is 1.43 bits per heavy atom. The number of aromatic amines is 1. The third-order valence-corrected chi connectivity index (χ3v) is 2.05. The lowest BCUT2D eigenvalue weighted by Gasteiger charge is -2.03. The summed E-state index contributed by atoms with van der Waals surface area (Å²) in [7, 11) is 0. The van der Waals surface area contributed by atoms with Crippen molar-refractivity contribution < 1.29 is 9.84 Å². The number of H-pyrrole nitrogens is 1. The molecular formula is C10H12N2O2. The van der Waals surface area contributed by atoms with Crippen LogP contribution in [0.25, 0.3) is 10.9 Å². The molecule has 0 spiro atoms. The molecule has 14 heavy (non-hydrogen) atoms. The van der Waals surface area contributed by atoms with E-state index in [1.165, 1.54) is 0 Å². The fourth-order valence-electron chi connectivity index (χ4n) is 1.45. The first-order chi connectivity index (χ1) is 6.83. The summed E-state index contributed by atoms with van der Waals surface area (Å²) in [5.41, 5.74) is 7.43. The summed E-state index contributed by atoms with van der Waals surface area (Å²) in [5.74, 6) is 0.687. The Bertz CT molecular complexity index is 437. The SMILES string of the molecule is Nc1cccc2[nH]cc(OCCO)c12. The average Bonchev–Trinajstić information content (AvgIpc) is 2.59. The monoisotopic (exact) mass is 192 g/mol. The normalized spacial score (nSPS) is 10.6. The number of aromatic nitrogens is 1. The van der Waals surface area contributed by atoms with Gasteiger partial charge in [0.25, 0.3) is 0 Å². The van der Waals surface area contributed by atoms with Crippen LogP contribution in [0.15, 0.2) is 24.4 Å². The quantitative estimate of drug-likeness (QED) is 0.638. The molecule has 1 aromatic carbocycles. The molecule has 0 radical (unpaired) electrons. The largest absolute Gasteiger partial charge is 0.489 e. The Kier molecular flexibility index (Phi) is 2.28. The zero-order valence-corrected chi connectivity index (χ0v) is 7.66. The lowest BCUT2D eigenvalue weighted by molar-refractivity contribution is 0.203. The maximum atomic E-state index is 8.64. The molecule has 1 aromatic heterocycles. The van der Waals surface area contributed by atoms with Crippen LogP contribution in [0, 0.1) is 0 Å². The molecule has 0 atom stereocenters. The third-order valence-electron chi connectivity index (χ3n) is 2.05. The number of benzene rings is 1. The lowest BCUT2D eigenvalue weighted by Crippen LogP contribution is -2.01. The van der Waals surface area contributed by atoms with Crippen molar-refractivity contribution in [3.8, 4) is 5.75 Å². The summed E-state index contributed by atoms with van der Waals surface area (Å²) < 4.78 is 5.33. The number of ether oxygens (including phenoxy) is 1. The molecule has 0 aliphatic rings. The van der Waals surface area contributed by atoms with Crippen molar-refractivity contribution >= 4 is 16.6 Å². The molecule has 4 heteroatoms. The van der Waals surface area contributed by atoms with E-state index in [0.29, 0.717) is 11.4 Å². The predicted octanol–water partition coefficient (Wildman–Crippen LogP) is 1.12. The molecule has 0 aliphatic carbocycles. The summed E-state index contributed by atoms with van der Waals surface area (Å²) in [6.45, 7) is 0.278. The highest BCUT2D eigenvalue weighted by Crippen LogP contribution is 2.30. The fourth-order valence-corrected chi connectivity index (χ4v) is 1.45. The summed E-state index contributed by atoms with van der Waals surface area (Å²) in [6.07, 6.45) is 1.75. The first-order valence-corrected chi connectivity index (χ1v) is 4.42. The van der Waals surface area contributed by atoms with Gasteiger partial charge in [0.05, 0.1) is 17.5 Å². The van der Waals surface area contributed by atoms with E-state index in [1.54, 1.807) is 6.20 Å². The van der Waals surface area contributed by atoms with E-state index in [4.69, 9.17) is 15.6 Å². The zero-order chi connectivity index (χ0) is 9.97. The maximum absolute atomic E-state index is 8.64. The van der Waals surface area contributed by atoms with Crippen LogP contribution >= 0.6 is 0 Å². The second-order valence-electron chi connectivity index (χ2n) is 2.99. The topological polar surface area (TPSA) is 71.3 Å². The van der Waals surface area contributed by atoms with Crippen molar-refractivity contribution in [3.05, 3.63) is 24.4 Å². The van der Waals surface area contributed by atoms with E-state index in [1.807, 2.05) is 18.2 Å². The van der Waals surface area contributed by atoms with Crippen LogP contribution in [0.1, 0.15) is 0 Å². The number of aliphatic hydroxyl groups is 1. The highest BCUT2D eigenvalue weighted by atomic mass is 16.5. The van der Waals surface area contributed by atoms with Gasteiger partial charge in [-0.05, 0) is 12.1 Å². The molecule has 0 aliphatic heterocycles. The second kappa shape index (κ2) is 3.59. The fraction of sp³-hybridized carbons (Fsp3) is 0.200. The first-order valence-electron chi connectivity index (χ1n) is 4.42. The van der Waals surface area contributed by atoms with Gasteiger partial charge in [-0.3, -0.25) is 0 Å². The van der Waals surface area contributed by atoms with Crippen LogP contribution in [-0.2, 0) is 0 Å². The van der Waals surface area contributed by atoms with Gasteiger partial charge in [-0.2, -0.15) is 0 Å². The average molecular weight is 192 g/mol. The number of rotatable bonds is 3. The Balaban J connectivity index is 2.45. The second-order valence-corrected chi connectivity index (χ2v) is 2.99. The highest BCUT2D eigenvalue weighted by molar-refractivity contribution is 5.96. The Morgan fingerprint density at radius 3 is 3.07 bits per heavy atom. The van der Waals surface area contributed by atoms with Crippen LogP contribution in [-0.4, -0.2) is 23.3 Å². The first kappa shape index (κ1) is 8.90. The summed E-state index contributed by atoms with van der Waals surface area (Å²) in [5, 5.41) is 9.52. The van der Waals surface area contributed by atoms with Gasteiger partial charge in [0, 0.05) is 11.9 Å². The molecule has 0 unspecified atom stereocenters. The van der Waals surface area contributed by atoms with Gasteiger partial charge in [-0.15, -0.1) is 0 Å². The van der Waals surface area contributed by atoms with Crippen LogP contribution in [0.5, 0.6) is 5.75 Å². The van der Waals surface area contributed by atoms with Crippen LogP contribution in [0.3, 0.4) is 0 Å². The molecule has 74 valence electrons. The van der Waals surface area contributed by atoms with Crippen molar-refractivity contribution in [2.24, 2.45) is 0 Å². The van der Waals surface area contributed by atoms with Crippen LogP contribution < -0.4 is 10.5 Å². The minimum Gasteiger partial charge on any atom is -0.489 e. The smallest absolute Gasteiger partial charge is 0.146 e. The number of anilines is 1. The zero-order valence-electron chi connectivity index (χ0n) is 7.66. The van der Waals surface area contributed by atoms with Gasteiger partial charge in [0.1, 0.15) is 12.4 Å². The predicted molar refractivity (Wildman–Crippen MR) is 55.3 cm³/mol. The van der Waals surface area contributed by atoms with Gasteiger partial charge in [-0.1, -0.05) is 6.07 Å². The van der Waals surface area contributed by atoms with Gasteiger partial charge in [0.15, 0.2) is 0 Å². The van der Waals surface area contributed by atoms with E-state index < -0.39 is 0 Å². The Labute approximate surface area is 81.3 Å². The third kappa shape index (κ3) is 1.40. The Hall–Kier alpha value is -1.68. The van der Waals surface area contributed by atoms with E-state index in [0.717, 1.165) is 10.9 Å². The van der Waals surface area contributed by atoms with Gasteiger partial charge >= 0.3 is 0 Å². The minimum absolute atomic E-state index is 0.000584. The molecule has 0 fully saturated rings. The number of fused-ring (bicyclic) bond motifs is 1. The number of hydrogen-bond acceptors (Lipinski definition) is 3. The number of nitrogen functional groups attached to an aromatic ring is 1. The van der Waals surface area contributed by atoms with E-state index in [9.17, 15) is 0 Å². The molecule has 2 rings (SSSR count). The Morgan fingerprint density at radius 2 is 2.29 bits per heavy atom. The van der Waals surface area contributed by atoms with Crippen molar-refractivity contribution in [1.82, 2.24) is 4.98 Å². The van der Waals surface area contributed by atoms with Crippen LogP contribution in [0.2, 0.25) is 0 Å². The molecule has 0 bridgehead atoms. The lowest BCUT2D eigenvalue weighted by atomic mass is 10.2. The van der Waals surface area contributed by atoms with Crippen molar-refractivity contribution in [1.29, 1.82) is 0 Å². The summed E-state index contributed by atoms with van der Waals surface area (Å²) >= 11 is 0. The molecule has 1 heterocycles. The van der Waals surface area contributed by atoms with Gasteiger partial charge in [0.2, 0.25) is 0 Å². The van der Waals surface area contributed by atoms with Gasteiger partial charge < -0.3 is 20.6 Å². The summed E-state index contributed by atoms with van der Waals surface area (Å²) in [6, 6.07) is 5.63. The number of nitrogens with one attached hydrogen (secondary N) is 1. The molecule has 2 aromatic rings. The number of aliphatic hydroxyl groups excluding tert-OH is 1. The number of nitrogens with two attached hydrogens (primary N) is 1. The highest BCUT2D eigenvalue weighted by Gasteiger charge is 2.06. The maximum Gasteiger partial charge on any atom is 0.146 e. The molecule has 4 N–H and O–H groups in total. The van der Waals surface area contributed by atoms with E-state index >= 15 is 0 Å². The molecule has 0 amide bonds. The number of hydrogen-bond donors (Lipinski definition) is 3. The van der Waals surface area contributed by atoms with Crippen molar-refractivity contribution in [2.75, 3.05) is 18.9 Å². The van der Waals surface area contributed by atoms with Gasteiger partial charge in [-0.25, -0.2) is 0 Å². The minimum atomic E-state index is -0.000584.